The summed E-state index contributed by atoms with van der Waals surface area (Å²) in [6, 6.07) is 7.06. The zero-order chi connectivity index (χ0) is 14.1. The van der Waals surface area contributed by atoms with E-state index >= 15 is 0 Å². The van der Waals surface area contributed by atoms with Crippen molar-refractivity contribution in [2.45, 2.75) is 25.1 Å². The lowest BCUT2D eigenvalue weighted by molar-refractivity contribution is -0.00777. The highest BCUT2D eigenvalue weighted by Crippen LogP contribution is 2.26. The average Bonchev–Trinajstić information content (AvgIpc) is 2.31. The van der Waals surface area contributed by atoms with Crippen molar-refractivity contribution >= 4 is 15.7 Å². The molecular weight excluding hydrogens is 264 g/mol. The summed E-state index contributed by atoms with van der Waals surface area (Å²) in [5, 5.41) is 0. The predicted molar refractivity (Wildman–Crippen MR) is 75.1 cm³/mol. The van der Waals surface area contributed by atoms with E-state index in [0.29, 0.717) is 31.0 Å². The smallest absolute Gasteiger partial charge is 0.219 e. The molecule has 0 aliphatic carbocycles. The topological polar surface area (TPSA) is 72.6 Å². The monoisotopic (exact) mass is 284 g/mol. The van der Waals surface area contributed by atoms with E-state index in [9.17, 15) is 8.42 Å². The minimum absolute atomic E-state index is 0.0664. The molecule has 1 aliphatic heterocycles. The summed E-state index contributed by atoms with van der Waals surface area (Å²) in [6.45, 7) is 4.99. The van der Waals surface area contributed by atoms with Gasteiger partial charge in [0.25, 0.3) is 0 Å². The molecule has 0 spiro atoms. The van der Waals surface area contributed by atoms with Crippen LogP contribution < -0.4 is 5.73 Å². The lowest BCUT2D eigenvalue weighted by atomic mass is 10.1. The van der Waals surface area contributed by atoms with Gasteiger partial charge in [-0.1, -0.05) is 18.2 Å². The first-order valence-electron chi connectivity index (χ1n) is 6.24. The molecule has 2 N–H and O–H groups in total. The number of benzene rings is 1. The normalized spacial score (nSPS) is 20.3. The van der Waals surface area contributed by atoms with Crippen LogP contribution in [0.4, 0.5) is 5.69 Å². The number of morpholine rings is 1. The summed E-state index contributed by atoms with van der Waals surface area (Å²) in [5.41, 5.74) is 6.46. The molecule has 0 saturated carbocycles. The number of para-hydroxylation sites is 1. The van der Waals surface area contributed by atoms with Crippen molar-refractivity contribution in [2.75, 3.05) is 25.5 Å². The van der Waals surface area contributed by atoms with Crippen LogP contribution in [-0.2, 0) is 20.5 Å². The van der Waals surface area contributed by atoms with E-state index < -0.39 is 15.6 Å². The molecule has 0 amide bonds. The Balaban J connectivity index is 2.26. The molecule has 1 heterocycles. The van der Waals surface area contributed by atoms with E-state index in [0.717, 1.165) is 0 Å². The molecule has 1 aromatic rings. The molecule has 0 unspecified atom stereocenters. The van der Waals surface area contributed by atoms with Crippen LogP contribution in [0.5, 0.6) is 0 Å². The molecule has 2 rings (SSSR count). The van der Waals surface area contributed by atoms with Crippen LogP contribution in [0.3, 0.4) is 0 Å². The predicted octanol–water partition coefficient (Wildman–Crippen LogP) is 1.21. The Morgan fingerprint density at radius 2 is 2.05 bits per heavy atom. The number of hydrogen-bond donors (Lipinski definition) is 1. The third-order valence-corrected chi connectivity index (χ3v) is 5.32. The molecule has 1 saturated heterocycles. The fraction of sp³-hybridized carbons (Fsp3) is 0.538. The molecular formula is C13H20N2O3S. The Morgan fingerprint density at radius 1 is 1.37 bits per heavy atom. The van der Waals surface area contributed by atoms with Crippen LogP contribution in [0.2, 0.25) is 0 Å². The van der Waals surface area contributed by atoms with Crippen LogP contribution in [0, 0.1) is 0 Å². The summed E-state index contributed by atoms with van der Waals surface area (Å²) < 4.78 is 32.0. The first-order valence-corrected chi connectivity index (χ1v) is 7.85. The molecule has 19 heavy (non-hydrogen) atoms. The van der Waals surface area contributed by atoms with Gasteiger partial charge in [-0.3, -0.25) is 0 Å². The number of hydrogen-bond acceptors (Lipinski definition) is 4. The van der Waals surface area contributed by atoms with Crippen molar-refractivity contribution in [3.05, 3.63) is 29.8 Å². The summed E-state index contributed by atoms with van der Waals surface area (Å²) in [4.78, 5) is 0. The van der Waals surface area contributed by atoms with Crippen molar-refractivity contribution in [1.29, 1.82) is 0 Å². The Hall–Kier alpha value is -1.11. The number of sulfonamides is 1. The second-order valence-electron chi connectivity index (χ2n) is 5.39. The maximum Gasteiger partial charge on any atom is 0.219 e. The lowest BCUT2D eigenvalue weighted by Gasteiger charge is -2.40. The van der Waals surface area contributed by atoms with Gasteiger partial charge < -0.3 is 10.5 Å². The first-order chi connectivity index (χ1) is 8.83. The van der Waals surface area contributed by atoms with Gasteiger partial charge in [-0.05, 0) is 25.5 Å². The molecule has 106 valence electrons. The van der Waals surface area contributed by atoms with Crippen LogP contribution in [0.1, 0.15) is 19.4 Å². The third-order valence-electron chi connectivity index (χ3n) is 3.30. The zero-order valence-electron chi connectivity index (χ0n) is 11.3. The van der Waals surface area contributed by atoms with Crippen molar-refractivity contribution in [3.63, 3.8) is 0 Å². The fourth-order valence-corrected chi connectivity index (χ4v) is 4.27. The number of ether oxygens (including phenoxy) is 1. The van der Waals surface area contributed by atoms with Gasteiger partial charge in [0.2, 0.25) is 10.0 Å². The van der Waals surface area contributed by atoms with Crippen LogP contribution in [0.25, 0.3) is 0 Å². The van der Waals surface area contributed by atoms with Crippen molar-refractivity contribution in [3.8, 4) is 0 Å². The molecule has 0 bridgehead atoms. The Morgan fingerprint density at radius 3 is 2.68 bits per heavy atom. The van der Waals surface area contributed by atoms with Gasteiger partial charge in [-0.25, -0.2) is 8.42 Å². The quantitative estimate of drug-likeness (QED) is 0.847. The van der Waals surface area contributed by atoms with Crippen molar-refractivity contribution in [1.82, 2.24) is 4.31 Å². The fourth-order valence-electron chi connectivity index (χ4n) is 2.30. The Kier molecular flexibility index (Phi) is 3.85. The molecule has 0 radical (unpaired) electrons. The van der Waals surface area contributed by atoms with Gasteiger partial charge in [0.1, 0.15) is 0 Å². The van der Waals surface area contributed by atoms with Gasteiger partial charge >= 0.3 is 0 Å². The molecule has 0 aromatic heterocycles. The summed E-state index contributed by atoms with van der Waals surface area (Å²) in [7, 11) is -3.39. The summed E-state index contributed by atoms with van der Waals surface area (Å²) in [6.07, 6.45) is 0. The molecule has 0 atom stereocenters. The number of nitrogen functional groups attached to an aromatic ring is 1. The SMILES string of the molecule is CC1(C)COCCN1S(=O)(=O)Cc1ccccc1N. The maximum absolute atomic E-state index is 12.5. The van der Waals surface area contributed by atoms with Crippen LogP contribution in [0.15, 0.2) is 24.3 Å². The van der Waals surface area contributed by atoms with Gasteiger partial charge in [0, 0.05) is 12.2 Å². The third kappa shape index (κ3) is 3.08. The Bertz CT molecular complexity index is 555. The number of anilines is 1. The number of nitrogens with zero attached hydrogens (tertiary/aromatic N) is 1. The van der Waals surface area contributed by atoms with E-state index in [2.05, 4.69) is 0 Å². The average molecular weight is 284 g/mol. The van der Waals surface area contributed by atoms with Gasteiger partial charge in [0.15, 0.2) is 0 Å². The lowest BCUT2D eigenvalue weighted by Crippen LogP contribution is -2.55. The van der Waals surface area contributed by atoms with Crippen LogP contribution >= 0.6 is 0 Å². The Labute approximate surface area is 114 Å². The molecule has 1 aromatic carbocycles. The highest BCUT2D eigenvalue weighted by molar-refractivity contribution is 7.88. The minimum atomic E-state index is -3.39. The second-order valence-corrected chi connectivity index (χ2v) is 7.29. The molecule has 1 fully saturated rings. The standard InChI is InChI=1S/C13H20N2O3S/c1-13(2)10-18-8-7-15(13)19(16,17)9-11-5-3-4-6-12(11)14/h3-6H,7-10,14H2,1-2H3. The van der Waals surface area contributed by atoms with Crippen molar-refractivity contribution < 1.29 is 13.2 Å². The van der Waals surface area contributed by atoms with E-state index in [1.165, 1.54) is 4.31 Å². The van der Waals surface area contributed by atoms with E-state index in [4.69, 9.17) is 10.5 Å². The van der Waals surface area contributed by atoms with E-state index in [1.54, 1.807) is 24.3 Å². The van der Waals surface area contributed by atoms with Gasteiger partial charge in [-0.15, -0.1) is 0 Å². The summed E-state index contributed by atoms with van der Waals surface area (Å²) >= 11 is 0. The van der Waals surface area contributed by atoms with Crippen LogP contribution in [-0.4, -0.2) is 38.0 Å². The highest BCUT2D eigenvalue weighted by atomic mass is 32.2. The highest BCUT2D eigenvalue weighted by Gasteiger charge is 2.38. The number of rotatable bonds is 3. The summed E-state index contributed by atoms with van der Waals surface area (Å²) in [5.74, 6) is -0.0664. The molecule has 6 heteroatoms. The molecule has 1 aliphatic rings. The zero-order valence-corrected chi connectivity index (χ0v) is 12.1. The van der Waals surface area contributed by atoms with E-state index in [1.807, 2.05) is 13.8 Å². The van der Waals surface area contributed by atoms with Gasteiger partial charge in [-0.2, -0.15) is 4.31 Å². The minimum Gasteiger partial charge on any atom is -0.398 e. The second kappa shape index (κ2) is 5.11. The maximum atomic E-state index is 12.5. The van der Waals surface area contributed by atoms with Crippen molar-refractivity contribution in [2.24, 2.45) is 0 Å². The van der Waals surface area contributed by atoms with E-state index in [-0.39, 0.29) is 5.75 Å². The largest absolute Gasteiger partial charge is 0.398 e. The molecule has 5 nitrogen and oxygen atoms in total. The van der Waals surface area contributed by atoms with Gasteiger partial charge in [0.05, 0.1) is 24.5 Å². The first kappa shape index (κ1) is 14.3. The number of nitrogens with two attached hydrogens (primary N) is 1.